The lowest BCUT2D eigenvalue weighted by Gasteiger charge is -2.33. The normalized spacial score (nSPS) is 12.6. The van der Waals surface area contributed by atoms with Crippen molar-refractivity contribution in [3.05, 3.63) is 164 Å². The summed E-state index contributed by atoms with van der Waals surface area (Å²) >= 11 is 0. The molecule has 10 rings (SSSR count). The molecule has 0 aliphatic carbocycles. The molecular weight excluding hydrogens is 571 g/mol. The molecule has 47 heavy (non-hydrogen) atoms. The zero-order valence-electron chi connectivity index (χ0n) is 25.5. The predicted octanol–water partition coefficient (Wildman–Crippen LogP) is 9.72. The average molecular weight is 599 g/mol. The van der Waals surface area contributed by atoms with Crippen LogP contribution in [0, 0.1) is 0 Å². The van der Waals surface area contributed by atoms with Gasteiger partial charge in [-0.1, -0.05) is 146 Å². The third kappa shape index (κ3) is 3.93. The number of fused-ring (bicyclic) bond motifs is 6. The van der Waals surface area contributed by atoms with E-state index < -0.39 is 0 Å². The maximum atomic E-state index is 6.91. The number of para-hydroxylation sites is 2. The molecule has 0 saturated carbocycles. The van der Waals surface area contributed by atoms with Gasteiger partial charge >= 0.3 is 0 Å². The molecule has 218 valence electrons. The van der Waals surface area contributed by atoms with Crippen LogP contribution in [0.2, 0.25) is 0 Å². The second-order valence-electron chi connectivity index (χ2n) is 12.4. The van der Waals surface area contributed by atoms with Gasteiger partial charge in [0.2, 0.25) is 0 Å². The minimum atomic E-state index is 0.0229. The maximum Gasteiger partial charge on any atom is 0.260 e. The second-order valence-corrected chi connectivity index (χ2v) is 12.4. The summed E-state index contributed by atoms with van der Waals surface area (Å²) in [6.45, 7) is 0.0229. The van der Waals surface area contributed by atoms with Gasteiger partial charge in [-0.05, 0) is 72.9 Å². The van der Waals surface area contributed by atoms with E-state index in [1.807, 2.05) is 18.2 Å². The molecule has 0 aromatic heterocycles. The Hall–Kier alpha value is -6.06. The molecule has 0 N–H and O–H groups in total. The van der Waals surface area contributed by atoms with E-state index >= 15 is 0 Å². The topological polar surface area (TPSA) is 18.5 Å². The lowest BCUT2D eigenvalue weighted by molar-refractivity contribution is 0.465. The molecule has 0 amide bonds. The fraction of sp³-hybridized carbons (Fsp3) is 0. The van der Waals surface area contributed by atoms with Gasteiger partial charge in [0.1, 0.15) is 23.0 Å². The molecule has 0 unspecified atom stereocenters. The van der Waals surface area contributed by atoms with Gasteiger partial charge in [-0.2, -0.15) is 0 Å². The fourth-order valence-corrected chi connectivity index (χ4v) is 7.79. The Balaban J connectivity index is 1.22. The fourth-order valence-electron chi connectivity index (χ4n) is 7.79. The van der Waals surface area contributed by atoms with E-state index in [4.69, 9.17) is 9.47 Å². The van der Waals surface area contributed by atoms with Crippen LogP contribution in [0.3, 0.4) is 0 Å². The minimum Gasteiger partial charge on any atom is -0.458 e. The molecular formula is C44H27BO2. The van der Waals surface area contributed by atoms with Crippen LogP contribution in [0.4, 0.5) is 0 Å². The van der Waals surface area contributed by atoms with Crippen molar-refractivity contribution in [3.8, 4) is 56.4 Å². The van der Waals surface area contributed by atoms with Crippen molar-refractivity contribution in [1.29, 1.82) is 0 Å². The van der Waals surface area contributed by atoms with Crippen molar-refractivity contribution in [3.63, 3.8) is 0 Å². The Bertz CT molecular complexity index is 2460. The molecule has 2 aliphatic heterocycles. The molecule has 2 heterocycles. The third-order valence-corrected chi connectivity index (χ3v) is 9.81. The van der Waals surface area contributed by atoms with Crippen molar-refractivity contribution < 1.29 is 9.47 Å². The van der Waals surface area contributed by atoms with Gasteiger partial charge in [0.05, 0.1) is 0 Å². The lowest BCUT2D eigenvalue weighted by atomic mass is 9.34. The summed E-state index contributed by atoms with van der Waals surface area (Å²) in [4.78, 5) is 0. The maximum absolute atomic E-state index is 6.91. The molecule has 8 aromatic carbocycles. The zero-order chi connectivity index (χ0) is 30.9. The molecule has 8 aromatic rings. The first-order valence-electron chi connectivity index (χ1n) is 16.1. The standard InChI is InChI=1S/C44H27BO2/c1-2-12-28(13-3-1)29-24-26-30(27-25-29)41-31-14-4-6-16-33(31)42(34-17-7-5-15-32(34)41)35-18-10-20-37-44(35)47-40-23-11-22-39-43(40)45(37)36-19-8-9-21-38(36)46-39/h1-27H. The van der Waals surface area contributed by atoms with Crippen molar-refractivity contribution in [2.45, 2.75) is 0 Å². The zero-order valence-corrected chi connectivity index (χ0v) is 25.5. The van der Waals surface area contributed by atoms with Crippen LogP contribution in [0.1, 0.15) is 0 Å². The molecule has 0 spiro atoms. The second kappa shape index (κ2) is 10.2. The van der Waals surface area contributed by atoms with E-state index in [-0.39, 0.29) is 6.71 Å². The van der Waals surface area contributed by atoms with Crippen LogP contribution in [0.5, 0.6) is 23.0 Å². The summed E-state index contributed by atoms with van der Waals surface area (Å²) in [6.07, 6.45) is 0. The molecule has 0 bridgehead atoms. The average Bonchev–Trinajstić information content (AvgIpc) is 3.14. The molecule has 0 atom stereocenters. The van der Waals surface area contributed by atoms with Gasteiger partial charge in [-0.25, -0.2) is 0 Å². The molecule has 0 fully saturated rings. The lowest BCUT2D eigenvalue weighted by Crippen LogP contribution is -2.57. The van der Waals surface area contributed by atoms with Crippen molar-refractivity contribution in [2.24, 2.45) is 0 Å². The number of hydrogen-bond acceptors (Lipinski definition) is 2. The summed E-state index contributed by atoms with van der Waals surface area (Å²) in [5.41, 5.74) is 10.6. The highest BCUT2D eigenvalue weighted by Gasteiger charge is 2.40. The van der Waals surface area contributed by atoms with Crippen molar-refractivity contribution >= 4 is 44.6 Å². The SMILES string of the molecule is c1ccc(-c2ccc(-c3c4ccccc4c(-c4cccc5c4Oc4cccc6c4B5c4ccccc4O6)c4ccccc34)cc2)cc1. The number of benzene rings is 8. The van der Waals surface area contributed by atoms with Gasteiger partial charge in [0.25, 0.3) is 6.71 Å². The molecule has 2 nitrogen and oxygen atoms in total. The van der Waals surface area contributed by atoms with Crippen LogP contribution in [-0.2, 0) is 0 Å². The molecule has 2 aliphatic rings. The molecule has 0 radical (unpaired) electrons. The number of hydrogen-bond donors (Lipinski definition) is 0. The summed E-state index contributed by atoms with van der Waals surface area (Å²) in [6, 6.07) is 58.4. The van der Waals surface area contributed by atoms with Gasteiger partial charge < -0.3 is 9.47 Å². The molecule has 0 saturated heterocycles. The highest BCUT2D eigenvalue weighted by atomic mass is 16.5. The molecule has 3 heteroatoms. The smallest absolute Gasteiger partial charge is 0.260 e. The highest BCUT2D eigenvalue weighted by Crippen LogP contribution is 2.47. The predicted molar refractivity (Wildman–Crippen MR) is 195 cm³/mol. The van der Waals surface area contributed by atoms with Crippen molar-refractivity contribution in [1.82, 2.24) is 0 Å². The first-order valence-corrected chi connectivity index (χ1v) is 16.1. The Kier molecular flexibility index (Phi) is 5.70. The van der Waals surface area contributed by atoms with Gasteiger partial charge in [0, 0.05) is 16.6 Å². The van der Waals surface area contributed by atoms with Crippen LogP contribution in [-0.4, -0.2) is 6.71 Å². The summed E-state index contributed by atoms with van der Waals surface area (Å²) < 4.78 is 13.3. The summed E-state index contributed by atoms with van der Waals surface area (Å²) in [5.74, 6) is 3.53. The van der Waals surface area contributed by atoms with E-state index in [1.54, 1.807) is 0 Å². The third-order valence-electron chi connectivity index (χ3n) is 9.81. The highest BCUT2D eigenvalue weighted by molar-refractivity contribution is 6.98. The summed E-state index contributed by atoms with van der Waals surface area (Å²) in [7, 11) is 0. The first-order chi connectivity index (χ1) is 23.3. The largest absolute Gasteiger partial charge is 0.458 e. The van der Waals surface area contributed by atoms with Gasteiger partial charge in [-0.3, -0.25) is 0 Å². The van der Waals surface area contributed by atoms with Crippen LogP contribution in [0.25, 0.3) is 54.9 Å². The van der Waals surface area contributed by atoms with E-state index in [2.05, 4.69) is 146 Å². The number of rotatable bonds is 3. The van der Waals surface area contributed by atoms with Crippen LogP contribution in [0.15, 0.2) is 164 Å². The quantitative estimate of drug-likeness (QED) is 0.149. The van der Waals surface area contributed by atoms with Crippen molar-refractivity contribution in [2.75, 3.05) is 0 Å². The van der Waals surface area contributed by atoms with E-state index in [1.165, 1.54) is 49.4 Å². The Morgan fingerprint density at radius 1 is 0.340 bits per heavy atom. The Morgan fingerprint density at radius 2 is 0.851 bits per heavy atom. The van der Waals surface area contributed by atoms with Crippen LogP contribution >= 0.6 is 0 Å². The van der Waals surface area contributed by atoms with Gasteiger partial charge in [-0.15, -0.1) is 0 Å². The van der Waals surface area contributed by atoms with E-state index in [0.717, 1.165) is 44.9 Å². The first kappa shape index (κ1) is 26.2. The number of ether oxygens (including phenoxy) is 2. The minimum absolute atomic E-state index is 0.0229. The van der Waals surface area contributed by atoms with E-state index in [9.17, 15) is 0 Å². The van der Waals surface area contributed by atoms with Gasteiger partial charge in [0.15, 0.2) is 0 Å². The Labute approximate surface area is 273 Å². The Morgan fingerprint density at radius 3 is 1.57 bits per heavy atom. The van der Waals surface area contributed by atoms with Crippen LogP contribution < -0.4 is 25.9 Å². The van der Waals surface area contributed by atoms with E-state index in [0.29, 0.717) is 0 Å². The summed E-state index contributed by atoms with van der Waals surface area (Å²) in [5, 5.41) is 4.86. The monoisotopic (exact) mass is 598 g/mol.